The highest BCUT2D eigenvalue weighted by Gasteiger charge is 2.65. The van der Waals surface area contributed by atoms with Crippen molar-refractivity contribution in [2.24, 2.45) is 10.8 Å². The largest absolute Gasteiger partial charge is 0.464 e. The first-order chi connectivity index (χ1) is 16.7. The Bertz CT molecular complexity index is 1250. The van der Waals surface area contributed by atoms with Gasteiger partial charge in [-0.2, -0.15) is 0 Å². The summed E-state index contributed by atoms with van der Waals surface area (Å²) in [5.74, 6) is -0.225. The van der Waals surface area contributed by atoms with E-state index in [1.54, 1.807) is 0 Å². The number of esters is 1. The normalized spacial score (nSPS) is 21.0. The molecule has 1 fully saturated rings. The lowest BCUT2D eigenvalue weighted by atomic mass is 9.60. The summed E-state index contributed by atoms with van der Waals surface area (Å²) in [5.41, 5.74) is 7.33. The van der Waals surface area contributed by atoms with Gasteiger partial charge in [-0.25, -0.2) is 4.79 Å². The molecular weight excluding hydrogens is 430 g/mol. The third kappa shape index (κ3) is 3.28. The molecular formula is C32H35NO2. The summed E-state index contributed by atoms with van der Waals surface area (Å²) in [6.45, 7) is 13.5. The van der Waals surface area contributed by atoms with Crippen LogP contribution in [0.4, 0.5) is 5.69 Å². The number of allylic oxidation sites excluding steroid dienone is 1. The molecule has 0 aromatic heterocycles. The summed E-state index contributed by atoms with van der Waals surface area (Å²) < 4.78 is 5.70. The van der Waals surface area contributed by atoms with Gasteiger partial charge >= 0.3 is 5.97 Å². The molecule has 1 aliphatic heterocycles. The number of ether oxygens (including phenoxy) is 1. The molecule has 0 saturated heterocycles. The Morgan fingerprint density at radius 3 is 1.89 bits per heavy atom. The second-order valence-electron chi connectivity index (χ2n) is 10.9. The van der Waals surface area contributed by atoms with Crippen molar-refractivity contribution in [2.75, 3.05) is 11.9 Å². The van der Waals surface area contributed by atoms with E-state index in [0.29, 0.717) is 6.61 Å². The number of hydrogen-bond acceptors (Lipinski definition) is 3. The fourth-order valence-corrected chi connectivity index (χ4v) is 6.30. The predicted octanol–water partition coefficient (Wildman–Crippen LogP) is 7.05. The summed E-state index contributed by atoms with van der Waals surface area (Å²) in [7, 11) is 0. The first-order valence-electron chi connectivity index (χ1n) is 12.6. The predicted molar refractivity (Wildman–Crippen MR) is 143 cm³/mol. The number of nitrogens with one attached hydrogen (secondary N) is 1. The Labute approximate surface area is 209 Å². The molecule has 0 spiro atoms. The monoisotopic (exact) mass is 465 g/mol. The molecule has 0 amide bonds. The minimum absolute atomic E-state index is 0.0498. The van der Waals surface area contributed by atoms with Crippen LogP contribution in [0.3, 0.4) is 0 Å². The Kier molecular flexibility index (Phi) is 5.43. The summed E-state index contributed by atoms with van der Waals surface area (Å²) >= 11 is 0. The molecule has 1 N–H and O–H groups in total. The molecule has 1 unspecified atom stereocenters. The average molecular weight is 466 g/mol. The number of aryl methyl sites for hydroxylation is 1. The van der Waals surface area contributed by atoms with E-state index in [0.717, 1.165) is 28.0 Å². The van der Waals surface area contributed by atoms with Crippen LogP contribution in [0.5, 0.6) is 0 Å². The van der Waals surface area contributed by atoms with Crippen molar-refractivity contribution in [3.63, 3.8) is 0 Å². The van der Waals surface area contributed by atoms with Crippen LogP contribution in [0.2, 0.25) is 0 Å². The van der Waals surface area contributed by atoms with Crippen LogP contribution in [-0.4, -0.2) is 18.6 Å². The molecule has 0 bridgehead atoms. The Morgan fingerprint density at radius 1 is 0.857 bits per heavy atom. The van der Waals surface area contributed by atoms with Crippen LogP contribution in [0.25, 0.3) is 0 Å². The van der Waals surface area contributed by atoms with Gasteiger partial charge in [0.1, 0.15) is 6.04 Å². The molecule has 2 aliphatic rings. The highest BCUT2D eigenvalue weighted by Crippen LogP contribution is 2.72. The van der Waals surface area contributed by atoms with Crippen LogP contribution in [0.15, 0.2) is 90.0 Å². The van der Waals surface area contributed by atoms with Crippen molar-refractivity contribution in [3.05, 3.63) is 112 Å². The Hall–Kier alpha value is -3.33. The van der Waals surface area contributed by atoms with Crippen molar-refractivity contribution in [2.45, 2.75) is 53.0 Å². The maximum absolute atomic E-state index is 13.7. The Morgan fingerprint density at radius 2 is 1.40 bits per heavy atom. The lowest BCUT2D eigenvalue weighted by Crippen LogP contribution is -2.49. The molecule has 1 aliphatic carbocycles. The highest BCUT2D eigenvalue weighted by atomic mass is 16.5. The topological polar surface area (TPSA) is 38.3 Å². The van der Waals surface area contributed by atoms with Gasteiger partial charge in [0.05, 0.1) is 12.0 Å². The van der Waals surface area contributed by atoms with Gasteiger partial charge in [-0.15, -0.1) is 0 Å². The number of benzene rings is 3. The number of rotatable bonds is 4. The molecule has 35 heavy (non-hydrogen) atoms. The van der Waals surface area contributed by atoms with E-state index in [1.165, 1.54) is 11.1 Å². The van der Waals surface area contributed by atoms with Gasteiger partial charge in [-0.3, -0.25) is 0 Å². The summed E-state index contributed by atoms with van der Waals surface area (Å²) in [6.07, 6.45) is 0. The molecule has 1 atom stereocenters. The quantitative estimate of drug-likeness (QED) is 0.331. The number of carbonyl (C=O) groups is 1. The van der Waals surface area contributed by atoms with Gasteiger partial charge in [0.15, 0.2) is 0 Å². The van der Waals surface area contributed by atoms with E-state index >= 15 is 0 Å². The average Bonchev–Trinajstić information content (AvgIpc) is 3.26. The lowest BCUT2D eigenvalue weighted by Gasteiger charge is -2.46. The van der Waals surface area contributed by atoms with Crippen molar-refractivity contribution in [1.29, 1.82) is 0 Å². The van der Waals surface area contributed by atoms with Crippen molar-refractivity contribution >= 4 is 11.7 Å². The zero-order valence-electron chi connectivity index (χ0n) is 21.6. The van der Waals surface area contributed by atoms with Crippen molar-refractivity contribution < 1.29 is 9.53 Å². The molecule has 3 aromatic carbocycles. The van der Waals surface area contributed by atoms with Gasteiger partial charge in [0.25, 0.3) is 0 Å². The standard InChI is InChI=1S/C32H35NO2/c1-7-35-29(34)27-26(28-30(3,4)31(28,5)6)32(22-14-10-8-11-15-22,23-16-12-9-13-17-23)24-19-18-21(2)20-25(24)33-27/h8-20,27,33H,7H2,1-6H3. The zero-order valence-corrected chi connectivity index (χ0v) is 21.6. The van der Waals surface area contributed by atoms with Crippen molar-refractivity contribution in [3.8, 4) is 0 Å². The zero-order chi connectivity index (χ0) is 25.0. The van der Waals surface area contributed by atoms with Crippen molar-refractivity contribution in [1.82, 2.24) is 0 Å². The smallest absolute Gasteiger partial charge is 0.332 e. The SMILES string of the molecule is CCOC(=O)C1Nc2cc(C)ccc2C(c2ccccc2)(c2ccccc2)C1=C1C(C)(C)C1(C)C. The summed E-state index contributed by atoms with van der Waals surface area (Å²) in [5, 5.41) is 3.63. The van der Waals surface area contributed by atoms with Gasteiger partial charge in [-0.1, -0.05) is 106 Å². The first kappa shape index (κ1) is 23.4. The second kappa shape index (κ2) is 8.12. The molecule has 3 aromatic rings. The fraction of sp³-hybridized carbons (Fsp3) is 0.344. The fourth-order valence-electron chi connectivity index (χ4n) is 6.30. The van der Waals surface area contributed by atoms with E-state index in [2.05, 4.69) is 119 Å². The molecule has 1 heterocycles. The van der Waals surface area contributed by atoms with Crippen LogP contribution in [0, 0.1) is 17.8 Å². The summed E-state index contributed by atoms with van der Waals surface area (Å²) in [4.78, 5) is 13.7. The van der Waals surface area contributed by atoms with E-state index in [9.17, 15) is 4.79 Å². The molecule has 180 valence electrons. The maximum atomic E-state index is 13.7. The molecule has 5 rings (SSSR count). The van der Waals surface area contributed by atoms with Gasteiger partial charge < -0.3 is 10.1 Å². The van der Waals surface area contributed by atoms with Gasteiger partial charge in [0, 0.05) is 5.69 Å². The van der Waals surface area contributed by atoms with E-state index < -0.39 is 11.5 Å². The van der Waals surface area contributed by atoms with E-state index in [1.807, 2.05) is 6.92 Å². The van der Waals surface area contributed by atoms with Crippen LogP contribution in [0.1, 0.15) is 56.9 Å². The van der Waals surface area contributed by atoms with Crippen LogP contribution >= 0.6 is 0 Å². The molecule has 1 saturated carbocycles. The maximum Gasteiger partial charge on any atom is 0.332 e. The third-order valence-corrected chi connectivity index (χ3v) is 8.53. The number of fused-ring (bicyclic) bond motifs is 1. The van der Waals surface area contributed by atoms with Gasteiger partial charge in [-0.05, 0) is 58.6 Å². The minimum atomic E-state index is -0.630. The van der Waals surface area contributed by atoms with Crippen LogP contribution < -0.4 is 5.32 Å². The highest BCUT2D eigenvalue weighted by molar-refractivity contribution is 5.90. The molecule has 3 heteroatoms. The van der Waals surface area contributed by atoms with Crippen LogP contribution in [-0.2, 0) is 14.9 Å². The Balaban J connectivity index is 1.99. The van der Waals surface area contributed by atoms with E-state index in [-0.39, 0.29) is 16.8 Å². The molecule has 3 nitrogen and oxygen atoms in total. The van der Waals surface area contributed by atoms with E-state index in [4.69, 9.17) is 4.74 Å². The number of hydrogen-bond donors (Lipinski definition) is 1. The summed E-state index contributed by atoms with van der Waals surface area (Å²) in [6, 6.07) is 27.3. The molecule has 0 radical (unpaired) electrons. The second-order valence-corrected chi connectivity index (χ2v) is 10.9. The van der Waals surface area contributed by atoms with Gasteiger partial charge in [0.2, 0.25) is 0 Å². The number of anilines is 1. The minimum Gasteiger partial charge on any atom is -0.464 e. The number of carbonyl (C=O) groups excluding carboxylic acids is 1. The first-order valence-corrected chi connectivity index (χ1v) is 12.6. The lowest BCUT2D eigenvalue weighted by molar-refractivity contribution is -0.143. The third-order valence-electron chi connectivity index (χ3n) is 8.53.